The molecule has 0 rings (SSSR count). The lowest BCUT2D eigenvalue weighted by Gasteiger charge is -2.24. The van der Waals surface area contributed by atoms with Crippen molar-refractivity contribution in [2.75, 3.05) is 13.7 Å². The van der Waals surface area contributed by atoms with Crippen LogP contribution in [0.2, 0.25) is 0 Å². The summed E-state index contributed by atoms with van der Waals surface area (Å²) in [5, 5.41) is 11.6. The van der Waals surface area contributed by atoms with Crippen molar-refractivity contribution in [2.45, 2.75) is 38.8 Å². The third-order valence-electron chi connectivity index (χ3n) is 1.83. The Labute approximate surface area is 74.7 Å². The highest BCUT2D eigenvalue weighted by Crippen LogP contribution is 2.05. The van der Waals surface area contributed by atoms with E-state index in [4.69, 9.17) is 10.00 Å². The second-order valence-corrected chi connectivity index (χ2v) is 3.61. The van der Waals surface area contributed by atoms with Crippen LogP contribution >= 0.6 is 0 Å². The monoisotopic (exact) mass is 170 g/mol. The summed E-state index contributed by atoms with van der Waals surface area (Å²) in [5.41, 5.74) is -0.149. The molecule has 3 nitrogen and oxygen atoms in total. The molecule has 0 aromatic carbocycles. The lowest BCUT2D eigenvalue weighted by atomic mass is 10.1. The topological polar surface area (TPSA) is 45.0 Å². The van der Waals surface area contributed by atoms with Gasteiger partial charge in [-0.15, -0.1) is 0 Å². The SMILES string of the molecule is COC(C)(C)CNC(C)CC#N. The minimum absolute atomic E-state index is 0.149. The van der Waals surface area contributed by atoms with Gasteiger partial charge in [0, 0.05) is 19.7 Å². The van der Waals surface area contributed by atoms with Gasteiger partial charge in [0.2, 0.25) is 0 Å². The number of nitrogens with zero attached hydrogens (tertiary/aromatic N) is 1. The Balaban J connectivity index is 3.61. The van der Waals surface area contributed by atoms with E-state index in [0.717, 1.165) is 6.54 Å². The molecular formula is C9H18N2O. The molecule has 70 valence electrons. The summed E-state index contributed by atoms with van der Waals surface area (Å²) in [6.45, 7) is 6.79. The van der Waals surface area contributed by atoms with Crippen LogP contribution in [0.1, 0.15) is 27.2 Å². The lowest BCUT2D eigenvalue weighted by molar-refractivity contribution is 0.0215. The molecule has 1 N–H and O–H groups in total. The molecule has 1 unspecified atom stereocenters. The van der Waals surface area contributed by atoms with E-state index in [1.165, 1.54) is 0 Å². The third kappa shape index (κ3) is 5.11. The number of hydrogen-bond donors (Lipinski definition) is 1. The van der Waals surface area contributed by atoms with Crippen molar-refractivity contribution in [2.24, 2.45) is 0 Å². The Morgan fingerprint density at radius 2 is 2.17 bits per heavy atom. The molecule has 0 fully saturated rings. The fourth-order valence-corrected chi connectivity index (χ4v) is 0.701. The average Bonchev–Trinajstić information content (AvgIpc) is 2.02. The zero-order chi connectivity index (χ0) is 9.61. The van der Waals surface area contributed by atoms with Crippen molar-refractivity contribution in [1.29, 1.82) is 5.26 Å². The summed E-state index contributed by atoms with van der Waals surface area (Å²) < 4.78 is 5.22. The first-order valence-corrected chi connectivity index (χ1v) is 4.17. The molecular weight excluding hydrogens is 152 g/mol. The molecule has 0 aliphatic rings. The summed E-state index contributed by atoms with van der Waals surface area (Å²) in [7, 11) is 1.69. The van der Waals surface area contributed by atoms with Crippen LogP contribution in [0.15, 0.2) is 0 Å². The summed E-state index contributed by atoms with van der Waals surface area (Å²) in [6.07, 6.45) is 0.541. The highest BCUT2D eigenvalue weighted by molar-refractivity contribution is 4.80. The summed E-state index contributed by atoms with van der Waals surface area (Å²) in [5.74, 6) is 0. The van der Waals surface area contributed by atoms with E-state index in [9.17, 15) is 0 Å². The largest absolute Gasteiger partial charge is 0.377 e. The van der Waals surface area contributed by atoms with Crippen molar-refractivity contribution in [3.8, 4) is 6.07 Å². The van der Waals surface area contributed by atoms with Crippen LogP contribution in [0.5, 0.6) is 0 Å². The minimum atomic E-state index is -0.149. The highest BCUT2D eigenvalue weighted by Gasteiger charge is 2.16. The fraction of sp³-hybridized carbons (Fsp3) is 0.889. The predicted octanol–water partition coefficient (Wildman–Crippen LogP) is 1.30. The Hall–Kier alpha value is -0.590. The molecule has 0 radical (unpaired) electrons. The first-order chi connectivity index (χ1) is 5.52. The lowest BCUT2D eigenvalue weighted by Crippen LogP contribution is -2.40. The summed E-state index contributed by atoms with van der Waals surface area (Å²) in [6, 6.07) is 2.36. The number of ether oxygens (including phenoxy) is 1. The number of rotatable bonds is 5. The molecule has 0 aliphatic carbocycles. The highest BCUT2D eigenvalue weighted by atomic mass is 16.5. The Morgan fingerprint density at radius 1 is 1.58 bits per heavy atom. The molecule has 0 heterocycles. The molecule has 1 atom stereocenters. The first-order valence-electron chi connectivity index (χ1n) is 4.17. The van der Waals surface area contributed by atoms with E-state index < -0.39 is 0 Å². The van der Waals surface area contributed by atoms with Crippen LogP contribution in [0, 0.1) is 11.3 Å². The number of methoxy groups -OCH3 is 1. The van der Waals surface area contributed by atoms with E-state index in [1.807, 2.05) is 20.8 Å². The molecule has 12 heavy (non-hydrogen) atoms. The molecule has 0 aromatic rings. The van der Waals surface area contributed by atoms with Gasteiger partial charge in [-0.3, -0.25) is 0 Å². The van der Waals surface area contributed by atoms with Crippen LogP contribution in [0.4, 0.5) is 0 Å². The number of nitrogens with one attached hydrogen (secondary N) is 1. The maximum Gasteiger partial charge on any atom is 0.0746 e. The van der Waals surface area contributed by atoms with Gasteiger partial charge in [0.05, 0.1) is 18.1 Å². The van der Waals surface area contributed by atoms with E-state index in [1.54, 1.807) is 7.11 Å². The minimum Gasteiger partial charge on any atom is -0.377 e. The van der Waals surface area contributed by atoms with Crippen molar-refractivity contribution in [3.63, 3.8) is 0 Å². The Morgan fingerprint density at radius 3 is 2.58 bits per heavy atom. The normalized spacial score (nSPS) is 13.9. The molecule has 3 heteroatoms. The van der Waals surface area contributed by atoms with Crippen molar-refractivity contribution in [3.05, 3.63) is 0 Å². The van der Waals surface area contributed by atoms with E-state index in [0.29, 0.717) is 6.42 Å². The molecule has 0 bridgehead atoms. The van der Waals surface area contributed by atoms with Gasteiger partial charge in [0.15, 0.2) is 0 Å². The smallest absolute Gasteiger partial charge is 0.0746 e. The van der Waals surface area contributed by atoms with Gasteiger partial charge >= 0.3 is 0 Å². The molecule has 0 aliphatic heterocycles. The maximum absolute atomic E-state index is 8.40. The Bertz CT molecular complexity index is 160. The molecule has 0 spiro atoms. The molecule has 0 saturated carbocycles. The number of hydrogen-bond acceptors (Lipinski definition) is 3. The van der Waals surface area contributed by atoms with Crippen LogP contribution in [0.25, 0.3) is 0 Å². The summed E-state index contributed by atoms with van der Waals surface area (Å²) >= 11 is 0. The second kappa shape index (κ2) is 5.13. The first kappa shape index (κ1) is 11.4. The van der Waals surface area contributed by atoms with Gasteiger partial charge in [-0.1, -0.05) is 0 Å². The van der Waals surface area contributed by atoms with E-state index in [-0.39, 0.29) is 11.6 Å². The molecule has 0 saturated heterocycles. The second-order valence-electron chi connectivity index (χ2n) is 3.61. The van der Waals surface area contributed by atoms with Gasteiger partial charge in [0.1, 0.15) is 0 Å². The van der Waals surface area contributed by atoms with Crippen LogP contribution in [-0.2, 0) is 4.74 Å². The van der Waals surface area contributed by atoms with Crippen molar-refractivity contribution >= 4 is 0 Å². The van der Waals surface area contributed by atoms with Gasteiger partial charge in [-0.2, -0.15) is 5.26 Å². The quantitative estimate of drug-likeness (QED) is 0.676. The van der Waals surface area contributed by atoms with Crippen LogP contribution in [-0.4, -0.2) is 25.3 Å². The predicted molar refractivity (Wildman–Crippen MR) is 48.8 cm³/mol. The van der Waals surface area contributed by atoms with Crippen molar-refractivity contribution in [1.82, 2.24) is 5.32 Å². The van der Waals surface area contributed by atoms with Gasteiger partial charge in [-0.05, 0) is 20.8 Å². The van der Waals surface area contributed by atoms with Crippen LogP contribution < -0.4 is 5.32 Å². The van der Waals surface area contributed by atoms with E-state index >= 15 is 0 Å². The number of nitriles is 1. The van der Waals surface area contributed by atoms with Gasteiger partial charge in [-0.25, -0.2) is 0 Å². The fourth-order valence-electron chi connectivity index (χ4n) is 0.701. The standard InChI is InChI=1S/C9H18N2O/c1-8(5-6-10)11-7-9(2,3)12-4/h8,11H,5,7H2,1-4H3. The zero-order valence-electron chi connectivity index (χ0n) is 8.35. The molecule has 0 aromatic heterocycles. The van der Waals surface area contributed by atoms with Crippen molar-refractivity contribution < 1.29 is 4.74 Å². The Kier molecular flexibility index (Phi) is 4.87. The average molecular weight is 170 g/mol. The zero-order valence-corrected chi connectivity index (χ0v) is 8.35. The molecule has 0 amide bonds. The van der Waals surface area contributed by atoms with E-state index in [2.05, 4.69) is 11.4 Å². The van der Waals surface area contributed by atoms with Crippen LogP contribution in [0.3, 0.4) is 0 Å². The van der Waals surface area contributed by atoms with Gasteiger partial charge in [0.25, 0.3) is 0 Å². The third-order valence-corrected chi connectivity index (χ3v) is 1.83. The summed E-state index contributed by atoms with van der Waals surface area (Å²) in [4.78, 5) is 0. The van der Waals surface area contributed by atoms with Gasteiger partial charge < -0.3 is 10.1 Å². The maximum atomic E-state index is 8.40.